The van der Waals surface area contributed by atoms with Gasteiger partial charge < -0.3 is 10.1 Å². The minimum Gasteiger partial charge on any atom is -0.496 e. The summed E-state index contributed by atoms with van der Waals surface area (Å²) in [6.45, 7) is 3.33. The molecule has 2 N–H and O–H groups in total. The van der Waals surface area contributed by atoms with Gasteiger partial charge in [0.2, 0.25) is 0 Å². The van der Waals surface area contributed by atoms with E-state index in [1.54, 1.807) is 7.11 Å². The van der Waals surface area contributed by atoms with Crippen LogP contribution in [0.4, 0.5) is 5.69 Å². The number of hydrogen-bond acceptors (Lipinski definition) is 4. The summed E-state index contributed by atoms with van der Waals surface area (Å²) in [6.07, 6.45) is 2.57. The summed E-state index contributed by atoms with van der Waals surface area (Å²) in [5.41, 5.74) is 2.57. The van der Waals surface area contributed by atoms with Crippen molar-refractivity contribution >= 4 is 39.7 Å². The van der Waals surface area contributed by atoms with Crippen LogP contribution in [0.1, 0.15) is 28.8 Å². The lowest BCUT2D eigenvalue weighted by molar-refractivity contribution is 0.0975. The molecule has 3 aromatic carbocycles. The van der Waals surface area contributed by atoms with Crippen LogP contribution in [0.3, 0.4) is 0 Å². The summed E-state index contributed by atoms with van der Waals surface area (Å²) in [5.74, 6) is 0.209. The molecule has 0 spiro atoms. The van der Waals surface area contributed by atoms with E-state index >= 15 is 0 Å². The van der Waals surface area contributed by atoms with Crippen molar-refractivity contribution in [2.75, 3.05) is 25.5 Å². The number of amides is 1. The van der Waals surface area contributed by atoms with Gasteiger partial charge in [-0.15, -0.1) is 0 Å². The van der Waals surface area contributed by atoms with Crippen molar-refractivity contribution in [1.29, 1.82) is 0 Å². The predicted octanol–water partition coefficient (Wildman–Crippen LogP) is 4.57. The SMILES string of the molecule is COc1cc2ccccc2cc1C(=O)NC(=S)Nc1ccc(CN2CCCC2)cc1. The molecule has 0 saturated carbocycles. The Morgan fingerprint density at radius 2 is 1.70 bits per heavy atom. The van der Waals surface area contributed by atoms with E-state index in [0.29, 0.717) is 11.3 Å². The van der Waals surface area contributed by atoms with Crippen LogP contribution in [0.25, 0.3) is 10.8 Å². The minimum absolute atomic E-state index is 0.252. The van der Waals surface area contributed by atoms with E-state index in [1.807, 2.05) is 48.5 Å². The molecule has 1 heterocycles. The van der Waals surface area contributed by atoms with Gasteiger partial charge in [-0.25, -0.2) is 0 Å². The Hall–Kier alpha value is -2.96. The predicted molar refractivity (Wildman–Crippen MR) is 125 cm³/mol. The summed E-state index contributed by atoms with van der Waals surface area (Å²) >= 11 is 5.34. The molecule has 1 saturated heterocycles. The molecule has 0 aliphatic carbocycles. The number of likely N-dealkylation sites (tertiary alicyclic amines) is 1. The summed E-state index contributed by atoms with van der Waals surface area (Å²) in [4.78, 5) is 15.3. The van der Waals surface area contributed by atoms with Gasteiger partial charge in [0.05, 0.1) is 12.7 Å². The second kappa shape index (κ2) is 9.24. The van der Waals surface area contributed by atoms with Crippen molar-refractivity contribution in [2.24, 2.45) is 0 Å². The summed E-state index contributed by atoms with van der Waals surface area (Å²) in [7, 11) is 1.56. The van der Waals surface area contributed by atoms with Crippen LogP contribution in [-0.4, -0.2) is 36.1 Å². The van der Waals surface area contributed by atoms with E-state index in [1.165, 1.54) is 31.5 Å². The van der Waals surface area contributed by atoms with Crippen molar-refractivity contribution < 1.29 is 9.53 Å². The summed E-state index contributed by atoms with van der Waals surface area (Å²) in [5, 5.41) is 8.07. The van der Waals surface area contributed by atoms with Crippen LogP contribution in [0, 0.1) is 0 Å². The van der Waals surface area contributed by atoms with Crippen LogP contribution < -0.4 is 15.4 Å². The molecule has 1 aliphatic heterocycles. The number of benzene rings is 3. The second-order valence-electron chi connectivity index (χ2n) is 7.49. The lowest BCUT2D eigenvalue weighted by atomic mass is 10.1. The fourth-order valence-corrected chi connectivity index (χ4v) is 4.00. The molecule has 4 rings (SSSR count). The minimum atomic E-state index is -0.305. The number of nitrogens with one attached hydrogen (secondary N) is 2. The van der Waals surface area contributed by atoms with E-state index in [9.17, 15) is 4.79 Å². The van der Waals surface area contributed by atoms with Crippen LogP contribution in [0.2, 0.25) is 0 Å². The third kappa shape index (κ3) is 4.78. The highest BCUT2D eigenvalue weighted by molar-refractivity contribution is 7.80. The molecule has 6 heteroatoms. The Balaban J connectivity index is 1.40. The smallest absolute Gasteiger partial charge is 0.261 e. The lowest BCUT2D eigenvalue weighted by Crippen LogP contribution is -2.34. The van der Waals surface area contributed by atoms with Crippen LogP contribution in [-0.2, 0) is 6.54 Å². The highest BCUT2D eigenvalue weighted by atomic mass is 32.1. The number of anilines is 1. The molecule has 0 atom stereocenters. The summed E-state index contributed by atoms with van der Waals surface area (Å²) < 4.78 is 5.41. The van der Waals surface area contributed by atoms with Crippen molar-refractivity contribution in [3.05, 3.63) is 71.8 Å². The highest BCUT2D eigenvalue weighted by Gasteiger charge is 2.15. The molecule has 30 heavy (non-hydrogen) atoms. The number of rotatable bonds is 5. The molecule has 0 aromatic heterocycles. The third-order valence-corrected chi connectivity index (χ3v) is 5.56. The Morgan fingerprint density at radius 3 is 2.37 bits per heavy atom. The van der Waals surface area contributed by atoms with Crippen molar-refractivity contribution in [1.82, 2.24) is 10.2 Å². The maximum Gasteiger partial charge on any atom is 0.261 e. The van der Waals surface area contributed by atoms with Gasteiger partial charge in [-0.3, -0.25) is 15.0 Å². The molecule has 1 fully saturated rings. The molecule has 3 aromatic rings. The number of carbonyl (C=O) groups is 1. The van der Waals surface area contributed by atoms with Gasteiger partial charge in [-0.2, -0.15) is 0 Å². The van der Waals surface area contributed by atoms with Gasteiger partial charge in [0.1, 0.15) is 5.75 Å². The maximum atomic E-state index is 12.8. The molecule has 0 unspecified atom stereocenters. The lowest BCUT2D eigenvalue weighted by Gasteiger charge is -2.15. The Bertz CT molecular complexity index is 1060. The molecule has 1 amide bonds. The highest BCUT2D eigenvalue weighted by Crippen LogP contribution is 2.26. The zero-order chi connectivity index (χ0) is 20.9. The first-order valence-corrected chi connectivity index (χ1v) is 10.5. The number of nitrogens with zero attached hydrogens (tertiary/aromatic N) is 1. The zero-order valence-corrected chi connectivity index (χ0v) is 17.8. The van der Waals surface area contributed by atoms with Crippen molar-refractivity contribution in [2.45, 2.75) is 19.4 Å². The Morgan fingerprint density at radius 1 is 1.03 bits per heavy atom. The van der Waals surface area contributed by atoms with Crippen LogP contribution >= 0.6 is 12.2 Å². The number of thiocarbonyl (C=S) groups is 1. The van der Waals surface area contributed by atoms with E-state index < -0.39 is 0 Å². The van der Waals surface area contributed by atoms with Crippen LogP contribution in [0.15, 0.2) is 60.7 Å². The van der Waals surface area contributed by atoms with Gasteiger partial charge in [0.15, 0.2) is 5.11 Å². The molecule has 154 valence electrons. The first-order chi connectivity index (χ1) is 14.6. The van der Waals surface area contributed by atoms with E-state index in [-0.39, 0.29) is 11.0 Å². The second-order valence-corrected chi connectivity index (χ2v) is 7.90. The average molecular weight is 420 g/mol. The number of fused-ring (bicyclic) bond motifs is 1. The first kappa shape index (κ1) is 20.3. The standard InChI is InChI=1S/C24H25N3O2S/c1-29-22-15-19-7-3-2-6-18(19)14-21(22)23(28)26-24(30)25-20-10-8-17(9-11-20)16-27-12-4-5-13-27/h2-3,6-11,14-15H,4-5,12-13,16H2,1H3,(H2,25,26,28,30). The first-order valence-electron chi connectivity index (χ1n) is 10.1. The van der Waals surface area contributed by atoms with Gasteiger partial charge >= 0.3 is 0 Å². The van der Waals surface area contributed by atoms with Gasteiger partial charge in [0.25, 0.3) is 5.91 Å². The van der Waals surface area contributed by atoms with E-state index in [0.717, 1.165) is 23.0 Å². The molecular formula is C24H25N3O2S. The third-order valence-electron chi connectivity index (χ3n) is 5.36. The van der Waals surface area contributed by atoms with Gasteiger partial charge in [-0.1, -0.05) is 36.4 Å². The van der Waals surface area contributed by atoms with E-state index in [4.69, 9.17) is 17.0 Å². The fraction of sp³-hybridized carbons (Fsp3) is 0.250. The molecule has 0 bridgehead atoms. The number of carbonyl (C=O) groups excluding carboxylic acids is 1. The van der Waals surface area contributed by atoms with Gasteiger partial charge in [-0.05, 0) is 78.8 Å². The quantitative estimate of drug-likeness (QED) is 0.594. The molecular weight excluding hydrogens is 394 g/mol. The largest absolute Gasteiger partial charge is 0.496 e. The Kier molecular flexibility index (Phi) is 6.26. The fourth-order valence-electron chi connectivity index (χ4n) is 3.79. The van der Waals surface area contributed by atoms with E-state index in [2.05, 4.69) is 27.7 Å². The number of hydrogen-bond donors (Lipinski definition) is 2. The zero-order valence-electron chi connectivity index (χ0n) is 17.0. The molecule has 5 nitrogen and oxygen atoms in total. The number of ether oxygens (including phenoxy) is 1. The monoisotopic (exact) mass is 419 g/mol. The maximum absolute atomic E-state index is 12.8. The molecule has 1 aliphatic rings. The Labute approximate surface area is 182 Å². The average Bonchev–Trinajstić information content (AvgIpc) is 3.27. The topological polar surface area (TPSA) is 53.6 Å². The van der Waals surface area contributed by atoms with Crippen LogP contribution in [0.5, 0.6) is 5.75 Å². The number of methoxy groups -OCH3 is 1. The van der Waals surface area contributed by atoms with Gasteiger partial charge in [0, 0.05) is 12.2 Å². The van der Waals surface area contributed by atoms with Crippen molar-refractivity contribution in [3.63, 3.8) is 0 Å². The van der Waals surface area contributed by atoms with Crippen molar-refractivity contribution in [3.8, 4) is 5.75 Å². The summed E-state index contributed by atoms with van der Waals surface area (Å²) in [6, 6.07) is 19.7. The normalized spacial score (nSPS) is 13.9. The molecule has 0 radical (unpaired) electrons.